The predicted molar refractivity (Wildman–Crippen MR) is 66.6 cm³/mol. The van der Waals surface area contributed by atoms with Crippen LogP contribution in [-0.2, 0) is 7.05 Å². The number of nitrogen functional groups attached to an aromatic ring is 1. The fraction of sp³-hybridized carbons (Fsp3) is 0.667. The van der Waals surface area contributed by atoms with Crippen molar-refractivity contribution < 1.29 is 4.79 Å². The number of nitrogens with zero attached hydrogens (tertiary/aromatic N) is 3. The molecule has 0 bridgehead atoms. The van der Waals surface area contributed by atoms with Gasteiger partial charge in [0.25, 0.3) is 5.91 Å². The van der Waals surface area contributed by atoms with Gasteiger partial charge in [-0.05, 0) is 12.8 Å². The van der Waals surface area contributed by atoms with Gasteiger partial charge in [-0.3, -0.25) is 9.48 Å². The molecule has 0 unspecified atom stereocenters. The number of hydrogen-bond donors (Lipinski definition) is 1. The number of rotatable bonds is 2. The Labute approximate surface area is 102 Å². The van der Waals surface area contributed by atoms with Crippen LogP contribution in [0.25, 0.3) is 0 Å². The molecular formula is C12H20N4O. The maximum absolute atomic E-state index is 12.3. The van der Waals surface area contributed by atoms with Crippen molar-refractivity contribution in [2.75, 3.05) is 12.8 Å². The van der Waals surface area contributed by atoms with Crippen molar-refractivity contribution in [2.45, 2.75) is 38.1 Å². The highest BCUT2D eigenvalue weighted by molar-refractivity contribution is 5.97. The van der Waals surface area contributed by atoms with Crippen LogP contribution < -0.4 is 5.73 Å². The third-order valence-electron chi connectivity index (χ3n) is 3.61. The van der Waals surface area contributed by atoms with Crippen LogP contribution in [0, 0.1) is 0 Å². The fourth-order valence-corrected chi connectivity index (χ4v) is 2.52. The van der Waals surface area contributed by atoms with Crippen molar-refractivity contribution >= 4 is 11.6 Å². The Bertz CT molecular complexity index is 387. The largest absolute Gasteiger partial charge is 0.396 e. The Hall–Kier alpha value is -1.52. The molecule has 1 heterocycles. The zero-order chi connectivity index (χ0) is 12.4. The molecule has 0 radical (unpaired) electrons. The fourth-order valence-electron chi connectivity index (χ4n) is 2.52. The van der Waals surface area contributed by atoms with Gasteiger partial charge in [-0.25, -0.2) is 0 Å². The van der Waals surface area contributed by atoms with Gasteiger partial charge in [-0.1, -0.05) is 19.3 Å². The van der Waals surface area contributed by atoms with E-state index in [4.69, 9.17) is 5.73 Å². The summed E-state index contributed by atoms with van der Waals surface area (Å²) in [7, 11) is 3.61. The summed E-state index contributed by atoms with van der Waals surface area (Å²) >= 11 is 0. The van der Waals surface area contributed by atoms with Gasteiger partial charge in [0.05, 0.1) is 11.9 Å². The molecule has 5 heteroatoms. The van der Waals surface area contributed by atoms with Crippen molar-refractivity contribution in [3.8, 4) is 0 Å². The number of aryl methyl sites for hydroxylation is 1. The van der Waals surface area contributed by atoms with Crippen LogP contribution in [0.4, 0.5) is 5.69 Å². The summed E-state index contributed by atoms with van der Waals surface area (Å²) in [6.07, 6.45) is 7.43. The van der Waals surface area contributed by atoms with E-state index >= 15 is 0 Å². The second kappa shape index (κ2) is 4.77. The van der Waals surface area contributed by atoms with Crippen LogP contribution in [0.5, 0.6) is 0 Å². The number of hydrogen-bond acceptors (Lipinski definition) is 3. The van der Waals surface area contributed by atoms with E-state index in [1.54, 1.807) is 11.7 Å². The topological polar surface area (TPSA) is 64.2 Å². The first-order valence-corrected chi connectivity index (χ1v) is 6.16. The molecule has 0 aromatic carbocycles. The SMILES string of the molecule is CN(C(=O)c1c(N)cnn1C)C1CCCCC1. The average molecular weight is 236 g/mol. The minimum Gasteiger partial charge on any atom is -0.396 e. The molecule has 0 atom stereocenters. The van der Waals surface area contributed by atoms with E-state index in [-0.39, 0.29) is 5.91 Å². The second-order valence-corrected chi connectivity index (χ2v) is 4.78. The van der Waals surface area contributed by atoms with Gasteiger partial charge in [0.15, 0.2) is 0 Å². The first-order valence-electron chi connectivity index (χ1n) is 6.16. The maximum atomic E-state index is 12.3. The van der Waals surface area contributed by atoms with Crippen LogP contribution in [-0.4, -0.2) is 33.7 Å². The molecule has 0 saturated heterocycles. The van der Waals surface area contributed by atoms with Crippen molar-refractivity contribution in [3.63, 3.8) is 0 Å². The highest BCUT2D eigenvalue weighted by Crippen LogP contribution is 2.23. The van der Waals surface area contributed by atoms with Crippen LogP contribution in [0.15, 0.2) is 6.20 Å². The summed E-state index contributed by atoms with van der Waals surface area (Å²) < 4.78 is 1.55. The smallest absolute Gasteiger partial charge is 0.274 e. The first kappa shape index (κ1) is 12.0. The molecule has 2 N–H and O–H groups in total. The molecule has 1 fully saturated rings. The number of anilines is 1. The van der Waals surface area contributed by atoms with E-state index in [0.717, 1.165) is 12.8 Å². The van der Waals surface area contributed by atoms with Crippen molar-refractivity contribution in [2.24, 2.45) is 7.05 Å². The molecule has 1 amide bonds. The number of aromatic nitrogens is 2. The lowest BCUT2D eigenvalue weighted by Gasteiger charge is -2.31. The van der Waals surface area contributed by atoms with E-state index in [1.165, 1.54) is 25.5 Å². The van der Waals surface area contributed by atoms with Crippen molar-refractivity contribution in [1.29, 1.82) is 0 Å². The van der Waals surface area contributed by atoms with Crippen LogP contribution in [0.2, 0.25) is 0 Å². The highest BCUT2D eigenvalue weighted by Gasteiger charge is 2.26. The Morgan fingerprint density at radius 2 is 2.12 bits per heavy atom. The second-order valence-electron chi connectivity index (χ2n) is 4.78. The summed E-state index contributed by atoms with van der Waals surface area (Å²) in [5.41, 5.74) is 6.74. The maximum Gasteiger partial charge on any atom is 0.274 e. The Morgan fingerprint density at radius 1 is 1.47 bits per heavy atom. The number of nitrogens with two attached hydrogens (primary N) is 1. The molecule has 1 aliphatic rings. The quantitative estimate of drug-likeness (QED) is 0.844. The van der Waals surface area contributed by atoms with Gasteiger partial charge in [0.2, 0.25) is 0 Å². The summed E-state index contributed by atoms with van der Waals surface area (Å²) in [6.45, 7) is 0. The summed E-state index contributed by atoms with van der Waals surface area (Å²) in [5.74, 6) is -0.0191. The molecular weight excluding hydrogens is 216 g/mol. The molecule has 94 valence electrons. The Morgan fingerprint density at radius 3 is 2.65 bits per heavy atom. The van der Waals surface area contributed by atoms with E-state index < -0.39 is 0 Å². The average Bonchev–Trinajstić information content (AvgIpc) is 2.68. The lowest BCUT2D eigenvalue weighted by Crippen LogP contribution is -2.39. The van der Waals surface area contributed by atoms with Gasteiger partial charge in [-0.15, -0.1) is 0 Å². The third kappa shape index (κ3) is 2.28. The van der Waals surface area contributed by atoms with Crippen molar-refractivity contribution in [1.82, 2.24) is 14.7 Å². The molecule has 1 saturated carbocycles. The molecule has 1 aliphatic carbocycles. The normalized spacial score (nSPS) is 17.1. The van der Waals surface area contributed by atoms with E-state index in [9.17, 15) is 4.79 Å². The molecule has 0 aliphatic heterocycles. The summed E-state index contributed by atoms with van der Waals surface area (Å²) in [6, 6.07) is 0.352. The first-order chi connectivity index (χ1) is 8.11. The zero-order valence-corrected chi connectivity index (χ0v) is 10.5. The minimum atomic E-state index is -0.0191. The van der Waals surface area contributed by atoms with E-state index in [0.29, 0.717) is 17.4 Å². The van der Waals surface area contributed by atoms with Crippen LogP contribution >= 0.6 is 0 Å². The predicted octanol–water partition coefficient (Wildman–Crippen LogP) is 1.41. The van der Waals surface area contributed by atoms with Crippen LogP contribution in [0.1, 0.15) is 42.6 Å². The zero-order valence-electron chi connectivity index (χ0n) is 10.5. The van der Waals surface area contributed by atoms with Gasteiger partial charge in [-0.2, -0.15) is 5.10 Å². The lowest BCUT2D eigenvalue weighted by atomic mass is 9.94. The molecule has 1 aromatic rings. The van der Waals surface area contributed by atoms with Gasteiger partial charge < -0.3 is 10.6 Å². The number of amides is 1. The molecule has 2 rings (SSSR count). The number of carbonyl (C=O) groups is 1. The van der Waals surface area contributed by atoms with Crippen LogP contribution in [0.3, 0.4) is 0 Å². The van der Waals surface area contributed by atoms with Gasteiger partial charge in [0, 0.05) is 20.1 Å². The number of carbonyl (C=O) groups excluding carboxylic acids is 1. The summed E-state index contributed by atoms with van der Waals surface area (Å²) in [4.78, 5) is 14.2. The molecule has 5 nitrogen and oxygen atoms in total. The monoisotopic (exact) mass is 236 g/mol. The Kier molecular flexibility index (Phi) is 3.36. The summed E-state index contributed by atoms with van der Waals surface area (Å²) in [5, 5.41) is 4.01. The van der Waals surface area contributed by atoms with Crippen molar-refractivity contribution in [3.05, 3.63) is 11.9 Å². The molecule has 17 heavy (non-hydrogen) atoms. The minimum absolute atomic E-state index is 0.0191. The molecule has 0 spiro atoms. The Balaban J connectivity index is 2.14. The highest BCUT2D eigenvalue weighted by atomic mass is 16.2. The van der Waals surface area contributed by atoms with E-state index in [2.05, 4.69) is 5.10 Å². The van der Waals surface area contributed by atoms with Gasteiger partial charge >= 0.3 is 0 Å². The lowest BCUT2D eigenvalue weighted by molar-refractivity contribution is 0.0686. The standard InChI is InChI=1S/C12H20N4O/c1-15(9-6-4-3-5-7-9)12(17)11-10(13)8-14-16(11)2/h8-9H,3-7,13H2,1-2H3. The molecule has 1 aromatic heterocycles. The van der Waals surface area contributed by atoms with Gasteiger partial charge in [0.1, 0.15) is 5.69 Å². The third-order valence-corrected chi connectivity index (χ3v) is 3.61. The van der Waals surface area contributed by atoms with E-state index in [1.807, 2.05) is 11.9 Å².